The highest BCUT2D eigenvalue weighted by molar-refractivity contribution is 7.16. The first kappa shape index (κ1) is 18.3. The van der Waals surface area contributed by atoms with E-state index in [2.05, 4.69) is 10.6 Å². The molecule has 0 aliphatic carbocycles. The van der Waals surface area contributed by atoms with Crippen molar-refractivity contribution in [1.29, 1.82) is 0 Å². The maximum absolute atomic E-state index is 12.2. The largest absolute Gasteiger partial charge is 0.345 e. The van der Waals surface area contributed by atoms with Crippen LogP contribution in [0.2, 0.25) is 4.34 Å². The second kappa shape index (κ2) is 7.68. The topological polar surface area (TPSA) is 61.4 Å². The molecule has 0 spiro atoms. The van der Waals surface area contributed by atoms with Gasteiger partial charge in [-0.2, -0.15) is 0 Å². The highest BCUT2D eigenvalue weighted by Crippen LogP contribution is 2.26. The van der Waals surface area contributed by atoms with Gasteiger partial charge in [0.2, 0.25) is 0 Å². The quantitative estimate of drug-likeness (QED) is 0.848. The van der Waals surface area contributed by atoms with Crippen molar-refractivity contribution in [3.8, 4) is 0 Å². The molecule has 3 amide bonds. The highest BCUT2D eigenvalue weighted by Gasteiger charge is 2.14. The highest BCUT2D eigenvalue weighted by atomic mass is 35.5. The number of hydrogen-bond acceptors (Lipinski definition) is 3. The van der Waals surface area contributed by atoms with Gasteiger partial charge in [-0.05, 0) is 43.7 Å². The van der Waals surface area contributed by atoms with Gasteiger partial charge in [0.1, 0.15) is 0 Å². The first-order valence-electron chi connectivity index (χ1n) is 7.43. The van der Waals surface area contributed by atoms with Crippen LogP contribution in [-0.4, -0.2) is 30.9 Å². The molecule has 1 aromatic carbocycles. The van der Waals surface area contributed by atoms with E-state index in [0.717, 1.165) is 10.4 Å². The minimum Gasteiger partial charge on any atom is -0.345 e. The molecule has 0 radical (unpaired) electrons. The lowest BCUT2D eigenvalue weighted by Crippen LogP contribution is -2.31. The van der Waals surface area contributed by atoms with Crippen LogP contribution in [0.4, 0.5) is 10.5 Å². The van der Waals surface area contributed by atoms with Crippen molar-refractivity contribution in [3.63, 3.8) is 0 Å². The van der Waals surface area contributed by atoms with Gasteiger partial charge in [-0.25, -0.2) is 4.79 Å². The molecule has 1 unspecified atom stereocenters. The number of halogens is 1. The van der Waals surface area contributed by atoms with Crippen LogP contribution in [0.3, 0.4) is 0 Å². The monoisotopic (exact) mass is 365 g/mol. The summed E-state index contributed by atoms with van der Waals surface area (Å²) in [4.78, 5) is 26.7. The zero-order valence-corrected chi connectivity index (χ0v) is 15.6. The van der Waals surface area contributed by atoms with Gasteiger partial charge in [0.05, 0.1) is 10.4 Å². The Morgan fingerprint density at radius 1 is 1.21 bits per heavy atom. The fraction of sp³-hybridized carbons (Fsp3) is 0.294. The molecule has 1 atom stereocenters. The summed E-state index contributed by atoms with van der Waals surface area (Å²) >= 11 is 7.35. The number of nitrogens with zero attached hydrogens (tertiary/aromatic N) is 1. The molecule has 5 nitrogen and oxygen atoms in total. The summed E-state index contributed by atoms with van der Waals surface area (Å²) in [6, 6.07) is 8.45. The number of carbonyl (C=O) groups is 2. The van der Waals surface area contributed by atoms with Crippen LogP contribution < -0.4 is 10.6 Å². The second-order valence-electron chi connectivity index (χ2n) is 5.69. The number of anilines is 1. The summed E-state index contributed by atoms with van der Waals surface area (Å²) in [5.41, 5.74) is 2.02. The van der Waals surface area contributed by atoms with Crippen molar-refractivity contribution in [3.05, 3.63) is 50.7 Å². The summed E-state index contributed by atoms with van der Waals surface area (Å²) in [5, 5.41) is 5.67. The minimum atomic E-state index is -0.329. The van der Waals surface area contributed by atoms with Gasteiger partial charge < -0.3 is 15.5 Å². The van der Waals surface area contributed by atoms with E-state index in [9.17, 15) is 9.59 Å². The minimum absolute atomic E-state index is 0.111. The predicted octanol–water partition coefficient (Wildman–Crippen LogP) is 4.29. The van der Waals surface area contributed by atoms with Gasteiger partial charge in [0.15, 0.2) is 0 Å². The van der Waals surface area contributed by atoms with Gasteiger partial charge in [-0.3, -0.25) is 4.79 Å². The van der Waals surface area contributed by atoms with Crippen LogP contribution in [0.15, 0.2) is 30.3 Å². The number of benzene rings is 1. The number of urea groups is 1. The van der Waals surface area contributed by atoms with Crippen LogP contribution in [0.25, 0.3) is 0 Å². The van der Waals surface area contributed by atoms with Gasteiger partial charge in [0.25, 0.3) is 5.91 Å². The number of hydrogen-bond donors (Lipinski definition) is 2. The number of rotatable bonds is 4. The number of aryl methyl sites for hydroxylation is 1. The molecule has 0 aliphatic heterocycles. The third-order valence-electron chi connectivity index (χ3n) is 3.51. The molecule has 0 bridgehead atoms. The predicted molar refractivity (Wildman–Crippen MR) is 99.1 cm³/mol. The lowest BCUT2D eigenvalue weighted by atomic mass is 10.1. The molecule has 0 aliphatic rings. The van der Waals surface area contributed by atoms with E-state index in [4.69, 9.17) is 11.6 Å². The van der Waals surface area contributed by atoms with Crippen molar-refractivity contribution in [2.75, 3.05) is 19.4 Å². The van der Waals surface area contributed by atoms with Crippen LogP contribution in [0.1, 0.15) is 33.8 Å². The molecule has 2 N–H and O–H groups in total. The van der Waals surface area contributed by atoms with Crippen LogP contribution >= 0.6 is 22.9 Å². The summed E-state index contributed by atoms with van der Waals surface area (Å²) < 4.78 is 0.685. The Morgan fingerprint density at radius 3 is 2.50 bits per heavy atom. The summed E-state index contributed by atoms with van der Waals surface area (Å²) in [7, 11) is 3.38. The molecule has 2 rings (SSSR count). The summed E-state index contributed by atoms with van der Waals surface area (Å²) in [6.07, 6.45) is 0. The Balaban J connectivity index is 2.08. The molecule has 24 heavy (non-hydrogen) atoms. The Kier molecular flexibility index (Phi) is 5.85. The van der Waals surface area contributed by atoms with E-state index in [0.29, 0.717) is 15.6 Å². The summed E-state index contributed by atoms with van der Waals surface area (Å²) in [5.74, 6) is -0.111. The zero-order valence-electron chi connectivity index (χ0n) is 14.0. The molecule has 1 heterocycles. The van der Waals surface area contributed by atoms with Gasteiger partial charge >= 0.3 is 6.03 Å². The Labute approximate surface area is 150 Å². The van der Waals surface area contributed by atoms with E-state index in [1.807, 2.05) is 26.0 Å². The zero-order chi connectivity index (χ0) is 17.9. The molecule has 1 aromatic heterocycles. The lowest BCUT2D eigenvalue weighted by Gasteiger charge is -2.16. The maximum Gasteiger partial charge on any atom is 0.319 e. The fourth-order valence-corrected chi connectivity index (χ4v) is 3.20. The molecule has 0 saturated carbocycles. The van der Waals surface area contributed by atoms with Gasteiger partial charge in [-0.15, -0.1) is 11.3 Å². The Bertz CT molecular complexity index is 758. The smallest absolute Gasteiger partial charge is 0.319 e. The SMILES string of the molecule is Cc1ccc(C(=O)N(C)C)cc1NC(=O)NC(C)c1ccc(Cl)s1. The molecule has 128 valence electrons. The third kappa shape index (κ3) is 4.49. The van der Waals surface area contributed by atoms with Crippen molar-refractivity contribution in [2.24, 2.45) is 0 Å². The third-order valence-corrected chi connectivity index (χ3v) is 4.92. The molecule has 2 aromatic rings. The summed E-state index contributed by atoms with van der Waals surface area (Å²) in [6.45, 7) is 3.77. The first-order valence-corrected chi connectivity index (χ1v) is 8.62. The number of carbonyl (C=O) groups excluding carboxylic acids is 2. The average Bonchev–Trinajstić information content (AvgIpc) is 2.95. The van der Waals surface area contributed by atoms with E-state index in [-0.39, 0.29) is 18.0 Å². The van der Waals surface area contributed by atoms with Crippen LogP contribution in [0, 0.1) is 6.92 Å². The van der Waals surface area contributed by atoms with E-state index in [1.54, 1.807) is 32.3 Å². The average molecular weight is 366 g/mol. The van der Waals surface area contributed by atoms with Crippen molar-refractivity contribution >= 4 is 40.6 Å². The van der Waals surface area contributed by atoms with Crippen molar-refractivity contribution < 1.29 is 9.59 Å². The first-order chi connectivity index (χ1) is 11.3. The van der Waals surface area contributed by atoms with Crippen LogP contribution in [-0.2, 0) is 0 Å². The lowest BCUT2D eigenvalue weighted by molar-refractivity contribution is 0.0827. The van der Waals surface area contributed by atoms with E-state index in [1.165, 1.54) is 16.2 Å². The van der Waals surface area contributed by atoms with Gasteiger partial charge in [0, 0.05) is 30.2 Å². The molecular formula is C17H20ClN3O2S. The maximum atomic E-state index is 12.2. The van der Waals surface area contributed by atoms with Gasteiger partial charge in [-0.1, -0.05) is 17.7 Å². The normalized spacial score (nSPS) is 11.7. The van der Waals surface area contributed by atoms with Crippen molar-refractivity contribution in [1.82, 2.24) is 10.2 Å². The molecule has 0 saturated heterocycles. The van der Waals surface area contributed by atoms with E-state index >= 15 is 0 Å². The van der Waals surface area contributed by atoms with Crippen molar-refractivity contribution in [2.45, 2.75) is 19.9 Å². The van der Waals surface area contributed by atoms with E-state index < -0.39 is 0 Å². The molecule has 0 fully saturated rings. The number of amides is 3. The molecular weight excluding hydrogens is 346 g/mol. The number of thiophene rings is 1. The Hall–Kier alpha value is -2.05. The number of nitrogens with one attached hydrogen (secondary N) is 2. The standard InChI is InChI=1S/C17H20ClN3O2S/c1-10-5-6-12(16(22)21(3)4)9-13(10)20-17(23)19-11(2)14-7-8-15(18)24-14/h5-9,11H,1-4H3,(H2,19,20,23). The second-order valence-corrected chi connectivity index (χ2v) is 7.44. The van der Waals surface area contributed by atoms with Crippen LogP contribution in [0.5, 0.6) is 0 Å². The fourth-order valence-electron chi connectivity index (χ4n) is 2.14. The molecule has 7 heteroatoms. The Morgan fingerprint density at radius 2 is 1.92 bits per heavy atom.